The Balaban J connectivity index is 1.56. The van der Waals surface area contributed by atoms with Crippen molar-refractivity contribution in [2.45, 2.75) is 44.3 Å². The molecule has 188 valence electrons. The summed E-state index contributed by atoms with van der Waals surface area (Å²) >= 11 is 13.3. The van der Waals surface area contributed by atoms with E-state index in [0.717, 1.165) is 37.2 Å². The fraction of sp³-hybridized carbons (Fsp3) is 0.320. The Bertz CT molecular complexity index is 1280. The first-order valence-electron chi connectivity index (χ1n) is 11.5. The highest BCUT2D eigenvalue weighted by atomic mass is 35.5. The van der Waals surface area contributed by atoms with Crippen LogP contribution >= 0.6 is 34.7 Å². The molecule has 0 unspecified atom stereocenters. The van der Waals surface area contributed by atoms with Crippen molar-refractivity contribution in [3.05, 3.63) is 74.5 Å². The molecule has 3 aromatic rings. The standard InChI is InChI=1S/C25H22Cl2FN3O4S/c26-20-21(30-36-23(20)27)25(33)31(12-14-5-10-18-19(11-14)35-13-34-18)22(15-6-8-16(28)9-7-15)24(32)29-17-3-1-2-4-17/h5-11,17,22H,1-4,12-13H2,(H,29,32)/t22-/m0/s1. The van der Waals surface area contributed by atoms with Gasteiger partial charge in [0.1, 0.15) is 21.2 Å². The van der Waals surface area contributed by atoms with Crippen LogP contribution < -0.4 is 14.8 Å². The third-order valence-electron chi connectivity index (χ3n) is 6.30. The highest BCUT2D eigenvalue weighted by molar-refractivity contribution is 7.11. The van der Waals surface area contributed by atoms with Gasteiger partial charge in [-0.25, -0.2) is 4.39 Å². The molecule has 2 aliphatic rings. The number of ether oxygens (including phenoxy) is 2. The van der Waals surface area contributed by atoms with E-state index in [2.05, 4.69) is 9.69 Å². The summed E-state index contributed by atoms with van der Waals surface area (Å²) in [5, 5.41) is 3.10. The van der Waals surface area contributed by atoms with Crippen molar-refractivity contribution in [2.75, 3.05) is 6.79 Å². The molecule has 1 atom stereocenters. The van der Waals surface area contributed by atoms with Crippen molar-refractivity contribution in [1.29, 1.82) is 0 Å². The van der Waals surface area contributed by atoms with E-state index in [-0.39, 0.29) is 40.3 Å². The minimum absolute atomic E-state index is 0.0141. The van der Waals surface area contributed by atoms with E-state index in [4.69, 9.17) is 32.7 Å². The molecule has 2 amide bonds. The molecule has 11 heteroatoms. The Hall–Kier alpha value is -2.88. The number of carbonyl (C=O) groups is 2. The highest BCUT2D eigenvalue weighted by Gasteiger charge is 2.36. The van der Waals surface area contributed by atoms with Gasteiger partial charge in [0.25, 0.3) is 5.91 Å². The van der Waals surface area contributed by atoms with Gasteiger partial charge in [0.15, 0.2) is 17.2 Å². The van der Waals surface area contributed by atoms with Gasteiger partial charge < -0.3 is 19.7 Å². The average Bonchev–Trinajstić information content (AvgIpc) is 3.62. The number of rotatable bonds is 7. The molecule has 36 heavy (non-hydrogen) atoms. The van der Waals surface area contributed by atoms with E-state index >= 15 is 0 Å². The van der Waals surface area contributed by atoms with E-state index in [0.29, 0.717) is 22.6 Å². The van der Waals surface area contributed by atoms with Crippen molar-refractivity contribution in [2.24, 2.45) is 0 Å². The van der Waals surface area contributed by atoms with Gasteiger partial charge in [-0.05, 0) is 59.8 Å². The minimum atomic E-state index is -1.07. The first kappa shape index (κ1) is 24.8. The van der Waals surface area contributed by atoms with Crippen LogP contribution in [0.3, 0.4) is 0 Å². The van der Waals surface area contributed by atoms with Crippen molar-refractivity contribution >= 4 is 46.5 Å². The van der Waals surface area contributed by atoms with E-state index in [9.17, 15) is 14.0 Å². The van der Waals surface area contributed by atoms with Crippen LogP contribution in [0.5, 0.6) is 11.5 Å². The van der Waals surface area contributed by atoms with Gasteiger partial charge in [-0.1, -0.05) is 54.2 Å². The molecular weight excluding hydrogens is 528 g/mol. The number of aromatic nitrogens is 1. The second-order valence-corrected chi connectivity index (χ2v) is 10.4. The van der Waals surface area contributed by atoms with Crippen LogP contribution in [-0.4, -0.2) is 33.9 Å². The summed E-state index contributed by atoms with van der Waals surface area (Å²) in [5.74, 6) is -0.239. The van der Waals surface area contributed by atoms with E-state index in [1.165, 1.54) is 29.2 Å². The second-order valence-electron chi connectivity index (χ2n) is 8.68. The van der Waals surface area contributed by atoms with Gasteiger partial charge >= 0.3 is 0 Å². The normalized spacial score (nSPS) is 15.6. The summed E-state index contributed by atoms with van der Waals surface area (Å²) < 4.78 is 29.0. The predicted molar refractivity (Wildman–Crippen MR) is 134 cm³/mol. The number of hydrogen-bond acceptors (Lipinski definition) is 6. The second kappa shape index (κ2) is 10.6. The number of hydrogen-bond donors (Lipinski definition) is 1. The Morgan fingerprint density at radius 2 is 1.83 bits per heavy atom. The Kier molecular flexibility index (Phi) is 7.32. The number of nitrogens with zero attached hydrogens (tertiary/aromatic N) is 2. The van der Waals surface area contributed by atoms with Crippen LogP contribution in [0.1, 0.15) is 53.3 Å². The average molecular weight is 550 g/mol. The van der Waals surface area contributed by atoms with Gasteiger partial charge in [0.2, 0.25) is 12.7 Å². The zero-order valence-electron chi connectivity index (χ0n) is 19.0. The van der Waals surface area contributed by atoms with E-state index < -0.39 is 17.8 Å². The van der Waals surface area contributed by atoms with Crippen molar-refractivity contribution in [3.63, 3.8) is 0 Å². The number of nitrogens with one attached hydrogen (secondary N) is 1. The topological polar surface area (TPSA) is 80.8 Å². The van der Waals surface area contributed by atoms with Crippen LogP contribution in [0, 0.1) is 5.82 Å². The molecule has 1 saturated carbocycles. The summed E-state index contributed by atoms with van der Waals surface area (Å²) in [6.45, 7) is 0.136. The lowest BCUT2D eigenvalue weighted by molar-refractivity contribution is -0.126. The van der Waals surface area contributed by atoms with Crippen LogP contribution in [0.2, 0.25) is 9.36 Å². The fourth-order valence-electron chi connectivity index (χ4n) is 4.51. The summed E-state index contributed by atoms with van der Waals surface area (Å²) in [5.41, 5.74) is 1.11. The molecule has 2 heterocycles. The van der Waals surface area contributed by atoms with Gasteiger partial charge in [-0.2, -0.15) is 4.37 Å². The summed E-state index contributed by atoms with van der Waals surface area (Å²) in [4.78, 5) is 28.9. The van der Waals surface area contributed by atoms with E-state index in [1.807, 2.05) is 0 Å². The number of halogens is 3. The van der Waals surface area contributed by atoms with Crippen LogP contribution in [-0.2, 0) is 11.3 Å². The first-order valence-corrected chi connectivity index (χ1v) is 13.0. The molecule has 0 saturated heterocycles. The molecular formula is C25H22Cl2FN3O4S. The molecule has 0 bridgehead atoms. The Labute approximate surface area is 221 Å². The molecule has 1 aliphatic heterocycles. The lowest BCUT2D eigenvalue weighted by atomic mass is 10.0. The number of amides is 2. The Morgan fingerprint density at radius 3 is 2.53 bits per heavy atom. The largest absolute Gasteiger partial charge is 0.454 e. The predicted octanol–water partition coefficient (Wildman–Crippen LogP) is 5.76. The van der Waals surface area contributed by atoms with Crippen LogP contribution in [0.25, 0.3) is 0 Å². The molecule has 7 nitrogen and oxygen atoms in total. The van der Waals surface area contributed by atoms with E-state index in [1.54, 1.807) is 18.2 Å². The molecule has 0 spiro atoms. The maximum absolute atomic E-state index is 13.9. The zero-order valence-corrected chi connectivity index (χ0v) is 21.3. The molecule has 1 aliphatic carbocycles. The van der Waals surface area contributed by atoms with Gasteiger partial charge in [0, 0.05) is 12.6 Å². The third-order valence-corrected chi connectivity index (χ3v) is 7.91. The quantitative estimate of drug-likeness (QED) is 0.405. The van der Waals surface area contributed by atoms with Crippen molar-refractivity contribution < 1.29 is 23.5 Å². The van der Waals surface area contributed by atoms with Crippen LogP contribution in [0.15, 0.2) is 42.5 Å². The number of carbonyl (C=O) groups excluding carboxylic acids is 2. The SMILES string of the molecule is O=C(NC1CCCC1)[C@H](c1ccc(F)cc1)N(Cc1ccc2c(c1)OCO2)C(=O)c1nsc(Cl)c1Cl. The van der Waals surface area contributed by atoms with Gasteiger partial charge in [0.05, 0.1) is 0 Å². The third kappa shape index (κ3) is 5.14. The molecule has 1 fully saturated rings. The fourth-order valence-corrected chi connectivity index (χ4v) is 5.50. The first-order chi connectivity index (χ1) is 17.4. The maximum Gasteiger partial charge on any atom is 0.276 e. The smallest absolute Gasteiger partial charge is 0.276 e. The molecule has 0 radical (unpaired) electrons. The van der Waals surface area contributed by atoms with Gasteiger partial charge in [-0.15, -0.1) is 0 Å². The lowest BCUT2D eigenvalue weighted by Crippen LogP contribution is -2.46. The number of benzene rings is 2. The summed E-state index contributed by atoms with van der Waals surface area (Å²) in [6, 6.07) is 9.78. The maximum atomic E-state index is 13.9. The summed E-state index contributed by atoms with van der Waals surface area (Å²) in [7, 11) is 0. The van der Waals surface area contributed by atoms with Crippen molar-refractivity contribution in [1.82, 2.24) is 14.6 Å². The lowest BCUT2D eigenvalue weighted by Gasteiger charge is -2.32. The molecule has 1 aromatic heterocycles. The molecule has 5 rings (SSSR count). The summed E-state index contributed by atoms with van der Waals surface area (Å²) in [6.07, 6.45) is 3.79. The van der Waals surface area contributed by atoms with Gasteiger partial charge in [-0.3, -0.25) is 9.59 Å². The van der Waals surface area contributed by atoms with Crippen molar-refractivity contribution in [3.8, 4) is 11.5 Å². The minimum Gasteiger partial charge on any atom is -0.454 e. The number of fused-ring (bicyclic) bond motifs is 1. The monoisotopic (exact) mass is 549 g/mol. The highest BCUT2D eigenvalue weighted by Crippen LogP contribution is 2.36. The van der Waals surface area contributed by atoms with Crippen LogP contribution in [0.4, 0.5) is 4.39 Å². The molecule has 2 aromatic carbocycles. The zero-order chi connectivity index (χ0) is 25.2. The molecule has 1 N–H and O–H groups in total. The Morgan fingerprint density at radius 1 is 1.11 bits per heavy atom.